The molecular formula is C18H26N2O4S2. The minimum atomic E-state index is -3.49. The third-order valence-corrected chi connectivity index (χ3v) is 7.26. The van der Waals surface area contributed by atoms with Gasteiger partial charge in [-0.15, -0.1) is 0 Å². The minimum absolute atomic E-state index is 0.00348. The summed E-state index contributed by atoms with van der Waals surface area (Å²) in [6.07, 6.45) is 5.46. The fraction of sp³-hybridized carbons (Fsp3) is 0.611. The van der Waals surface area contributed by atoms with E-state index < -0.39 is 16.1 Å². The lowest BCUT2D eigenvalue weighted by molar-refractivity contribution is -0.127. The number of carbonyl (C=O) groups excluding carboxylic acids is 1. The maximum atomic E-state index is 12.5. The standard InChI is InChI=1S/C18H26N2O4S2/c1-13-7-8-15-16(11-13)24-17(12-20(15)26(2,22)23)18(21)19-9-10-25-14-5-3-4-6-14/h7-8,11,14,17H,3-6,9-10,12H2,1-2H3,(H,19,21)/t17-/m1/s1. The SMILES string of the molecule is Cc1ccc2c(c1)O[C@@H](C(=O)NCCSC1CCCC1)CN2S(C)(=O)=O. The number of hydrogen-bond acceptors (Lipinski definition) is 5. The van der Waals surface area contributed by atoms with Gasteiger partial charge in [-0.2, -0.15) is 11.8 Å². The first-order valence-corrected chi connectivity index (χ1v) is 11.9. The number of benzene rings is 1. The van der Waals surface area contributed by atoms with E-state index in [9.17, 15) is 13.2 Å². The number of sulfonamides is 1. The van der Waals surface area contributed by atoms with Crippen molar-refractivity contribution < 1.29 is 17.9 Å². The van der Waals surface area contributed by atoms with Crippen LogP contribution in [-0.4, -0.2) is 50.8 Å². The predicted octanol–water partition coefficient (Wildman–Crippen LogP) is 2.31. The molecule has 1 aromatic rings. The third kappa shape index (κ3) is 4.65. The molecule has 1 amide bonds. The molecule has 0 radical (unpaired) electrons. The molecule has 1 N–H and O–H groups in total. The smallest absolute Gasteiger partial charge is 0.263 e. The van der Waals surface area contributed by atoms with Crippen LogP contribution in [0, 0.1) is 6.92 Å². The van der Waals surface area contributed by atoms with Gasteiger partial charge in [0.25, 0.3) is 5.91 Å². The molecule has 0 unspecified atom stereocenters. The normalized spacial score (nSPS) is 20.5. The second-order valence-electron chi connectivity index (χ2n) is 6.94. The summed E-state index contributed by atoms with van der Waals surface area (Å²) in [6, 6.07) is 5.32. The predicted molar refractivity (Wildman–Crippen MR) is 106 cm³/mol. The van der Waals surface area contributed by atoms with Gasteiger partial charge in [-0.25, -0.2) is 8.42 Å². The number of hydrogen-bond donors (Lipinski definition) is 1. The Labute approximate surface area is 159 Å². The van der Waals surface area contributed by atoms with Gasteiger partial charge in [0, 0.05) is 17.5 Å². The average molecular weight is 399 g/mol. The Bertz CT molecular complexity index is 760. The van der Waals surface area contributed by atoms with E-state index in [1.54, 1.807) is 12.1 Å². The number of fused-ring (bicyclic) bond motifs is 1. The van der Waals surface area contributed by atoms with Crippen molar-refractivity contribution in [1.29, 1.82) is 0 Å². The third-order valence-electron chi connectivity index (χ3n) is 4.73. The fourth-order valence-corrected chi connectivity index (χ4v) is 5.51. The summed E-state index contributed by atoms with van der Waals surface area (Å²) in [4.78, 5) is 12.5. The largest absolute Gasteiger partial charge is 0.476 e. The van der Waals surface area contributed by atoms with Crippen LogP contribution in [-0.2, 0) is 14.8 Å². The van der Waals surface area contributed by atoms with E-state index in [4.69, 9.17) is 4.74 Å². The highest BCUT2D eigenvalue weighted by Gasteiger charge is 2.34. The quantitative estimate of drug-likeness (QED) is 0.744. The molecule has 8 heteroatoms. The molecule has 2 aliphatic rings. The molecule has 0 aromatic heterocycles. The number of aryl methyl sites for hydroxylation is 1. The van der Waals surface area contributed by atoms with E-state index in [0.29, 0.717) is 23.2 Å². The zero-order valence-electron chi connectivity index (χ0n) is 15.2. The van der Waals surface area contributed by atoms with E-state index in [1.165, 1.54) is 30.0 Å². The van der Waals surface area contributed by atoms with Crippen LogP contribution < -0.4 is 14.4 Å². The summed E-state index contributed by atoms with van der Waals surface area (Å²) in [6.45, 7) is 2.47. The summed E-state index contributed by atoms with van der Waals surface area (Å²) < 4.78 is 31.3. The number of nitrogens with zero attached hydrogens (tertiary/aromatic N) is 1. The first kappa shape index (κ1) is 19.4. The number of amides is 1. The molecule has 1 fully saturated rings. The highest BCUT2D eigenvalue weighted by molar-refractivity contribution is 7.99. The molecule has 6 nitrogen and oxygen atoms in total. The van der Waals surface area contributed by atoms with Crippen LogP contribution in [0.3, 0.4) is 0 Å². The van der Waals surface area contributed by atoms with Gasteiger partial charge in [-0.3, -0.25) is 9.10 Å². The molecule has 1 saturated carbocycles. The highest BCUT2D eigenvalue weighted by atomic mass is 32.2. The van der Waals surface area contributed by atoms with Crippen molar-refractivity contribution in [3.05, 3.63) is 23.8 Å². The van der Waals surface area contributed by atoms with Gasteiger partial charge in [-0.1, -0.05) is 18.9 Å². The molecule has 1 heterocycles. The van der Waals surface area contributed by atoms with Crippen LogP contribution >= 0.6 is 11.8 Å². The fourth-order valence-electron chi connectivity index (χ4n) is 3.38. The second kappa shape index (κ2) is 8.08. The van der Waals surface area contributed by atoms with E-state index in [0.717, 1.165) is 17.6 Å². The van der Waals surface area contributed by atoms with Crippen LogP contribution in [0.15, 0.2) is 18.2 Å². The molecular weight excluding hydrogens is 372 g/mol. The van der Waals surface area contributed by atoms with Crippen LogP contribution in [0.4, 0.5) is 5.69 Å². The molecule has 0 saturated heterocycles. The van der Waals surface area contributed by atoms with Gasteiger partial charge in [0.05, 0.1) is 18.5 Å². The van der Waals surface area contributed by atoms with Gasteiger partial charge in [0.2, 0.25) is 10.0 Å². The Morgan fingerprint density at radius 2 is 2.08 bits per heavy atom. The number of anilines is 1. The lowest BCUT2D eigenvalue weighted by atomic mass is 10.1. The van der Waals surface area contributed by atoms with Crippen LogP contribution in [0.5, 0.6) is 5.75 Å². The first-order valence-electron chi connectivity index (χ1n) is 8.99. The van der Waals surface area contributed by atoms with Gasteiger partial charge in [0.1, 0.15) is 5.75 Å². The van der Waals surface area contributed by atoms with Crippen LogP contribution in [0.25, 0.3) is 0 Å². The number of rotatable bonds is 6. The number of ether oxygens (including phenoxy) is 1. The van der Waals surface area contributed by atoms with E-state index in [1.807, 2.05) is 24.8 Å². The molecule has 1 aromatic carbocycles. The minimum Gasteiger partial charge on any atom is -0.476 e. The lowest BCUT2D eigenvalue weighted by Gasteiger charge is -2.34. The van der Waals surface area contributed by atoms with Crippen LogP contribution in [0.1, 0.15) is 31.2 Å². The molecule has 1 aliphatic heterocycles. The zero-order chi connectivity index (χ0) is 18.7. The Morgan fingerprint density at radius 1 is 1.35 bits per heavy atom. The zero-order valence-corrected chi connectivity index (χ0v) is 16.9. The van der Waals surface area contributed by atoms with E-state index in [2.05, 4.69) is 5.32 Å². The van der Waals surface area contributed by atoms with Gasteiger partial charge in [-0.05, 0) is 37.5 Å². The Hall–Kier alpha value is -1.41. The van der Waals surface area contributed by atoms with E-state index >= 15 is 0 Å². The van der Waals surface area contributed by atoms with Crippen LogP contribution in [0.2, 0.25) is 0 Å². The molecule has 1 aliphatic carbocycles. The monoisotopic (exact) mass is 398 g/mol. The van der Waals surface area contributed by atoms with Crippen molar-refractivity contribution in [2.24, 2.45) is 0 Å². The number of carbonyl (C=O) groups is 1. The van der Waals surface area contributed by atoms with Crippen molar-refractivity contribution in [1.82, 2.24) is 5.32 Å². The van der Waals surface area contributed by atoms with Gasteiger partial charge in [0.15, 0.2) is 6.10 Å². The molecule has 144 valence electrons. The summed E-state index contributed by atoms with van der Waals surface area (Å²) in [5, 5.41) is 3.60. The summed E-state index contributed by atoms with van der Waals surface area (Å²) in [5.74, 6) is 1.04. The number of thioether (sulfide) groups is 1. The van der Waals surface area contributed by atoms with Crippen molar-refractivity contribution in [2.75, 3.05) is 29.4 Å². The maximum absolute atomic E-state index is 12.5. The van der Waals surface area contributed by atoms with Crippen molar-refractivity contribution in [2.45, 2.75) is 44.0 Å². The molecule has 26 heavy (non-hydrogen) atoms. The van der Waals surface area contributed by atoms with Gasteiger partial charge < -0.3 is 10.1 Å². The Kier molecular flexibility index (Phi) is 6.02. The summed E-state index contributed by atoms with van der Waals surface area (Å²) in [7, 11) is -3.49. The number of nitrogens with one attached hydrogen (secondary N) is 1. The van der Waals surface area contributed by atoms with Crippen molar-refractivity contribution >= 4 is 33.4 Å². The van der Waals surface area contributed by atoms with E-state index in [-0.39, 0.29) is 12.5 Å². The average Bonchev–Trinajstić information content (AvgIpc) is 3.09. The first-order chi connectivity index (χ1) is 12.3. The molecule has 1 atom stereocenters. The Morgan fingerprint density at radius 3 is 2.77 bits per heavy atom. The molecule has 0 spiro atoms. The second-order valence-corrected chi connectivity index (χ2v) is 10.3. The van der Waals surface area contributed by atoms with Gasteiger partial charge >= 0.3 is 0 Å². The summed E-state index contributed by atoms with van der Waals surface area (Å²) in [5.41, 5.74) is 1.44. The van der Waals surface area contributed by atoms with Crippen molar-refractivity contribution in [3.8, 4) is 5.75 Å². The topological polar surface area (TPSA) is 75.7 Å². The maximum Gasteiger partial charge on any atom is 0.263 e. The van der Waals surface area contributed by atoms with Crippen molar-refractivity contribution in [3.63, 3.8) is 0 Å². The molecule has 0 bridgehead atoms. The molecule has 3 rings (SSSR count). The lowest BCUT2D eigenvalue weighted by Crippen LogP contribution is -2.50. The summed E-state index contributed by atoms with van der Waals surface area (Å²) >= 11 is 1.91. The highest BCUT2D eigenvalue weighted by Crippen LogP contribution is 2.35. The Balaban J connectivity index is 1.61.